The summed E-state index contributed by atoms with van der Waals surface area (Å²) in [4.78, 5) is 11.6. The predicted molar refractivity (Wildman–Crippen MR) is 68.8 cm³/mol. The van der Waals surface area contributed by atoms with Crippen molar-refractivity contribution in [1.29, 1.82) is 0 Å². The minimum absolute atomic E-state index is 0.0947. The van der Waals surface area contributed by atoms with E-state index in [-0.39, 0.29) is 17.9 Å². The molecule has 0 aromatic rings. The van der Waals surface area contributed by atoms with Crippen LogP contribution in [0.3, 0.4) is 0 Å². The Bertz CT molecular complexity index is 236. The first-order valence-corrected chi connectivity index (χ1v) is 6.64. The molecule has 1 aliphatic heterocycles. The Kier molecular flexibility index (Phi) is 5.92. The molecule has 1 saturated heterocycles. The molecule has 0 aromatic heterocycles. The Morgan fingerprint density at radius 3 is 2.82 bits per heavy atom. The van der Waals surface area contributed by atoms with Gasteiger partial charge in [-0.05, 0) is 25.8 Å². The summed E-state index contributed by atoms with van der Waals surface area (Å²) in [5, 5.41) is 15.4. The van der Waals surface area contributed by atoms with E-state index in [1.54, 1.807) is 0 Å². The number of hydrogen-bond acceptors (Lipinski definition) is 3. The van der Waals surface area contributed by atoms with Crippen LogP contribution in [-0.2, 0) is 4.79 Å². The van der Waals surface area contributed by atoms with Crippen LogP contribution in [0.25, 0.3) is 0 Å². The fourth-order valence-electron chi connectivity index (χ4n) is 1.96. The second-order valence-corrected chi connectivity index (χ2v) is 5.78. The van der Waals surface area contributed by atoms with E-state index in [2.05, 4.69) is 10.6 Å². The van der Waals surface area contributed by atoms with Gasteiger partial charge in [0.15, 0.2) is 0 Å². The van der Waals surface area contributed by atoms with Crippen molar-refractivity contribution in [2.24, 2.45) is 5.41 Å². The minimum Gasteiger partial charge on any atom is -0.396 e. The van der Waals surface area contributed by atoms with E-state index in [0.29, 0.717) is 19.0 Å². The number of rotatable bonds is 6. The average molecular weight is 242 g/mol. The second-order valence-electron chi connectivity index (χ2n) is 5.78. The lowest BCUT2D eigenvalue weighted by molar-refractivity contribution is -0.121. The van der Waals surface area contributed by atoms with E-state index in [1.807, 2.05) is 13.8 Å². The van der Waals surface area contributed by atoms with Crippen LogP contribution in [0.5, 0.6) is 0 Å². The summed E-state index contributed by atoms with van der Waals surface area (Å²) in [6.45, 7) is 5.60. The molecule has 1 rings (SSSR count). The Hall–Kier alpha value is -0.610. The van der Waals surface area contributed by atoms with Crippen LogP contribution in [0.1, 0.15) is 46.0 Å². The molecule has 0 aliphatic carbocycles. The third-order valence-electron chi connectivity index (χ3n) is 3.32. The standard InChI is InChI=1S/C13H26N2O2/c1-13(2,10-16)9-15-12(17)7-6-11-5-3-4-8-14-11/h11,14,16H,3-10H2,1-2H3,(H,15,17). The summed E-state index contributed by atoms with van der Waals surface area (Å²) >= 11 is 0. The Balaban J connectivity index is 2.12. The van der Waals surface area contributed by atoms with E-state index < -0.39 is 0 Å². The molecule has 0 radical (unpaired) electrons. The van der Waals surface area contributed by atoms with Crippen molar-refractivity contribution in [3.05, 3.63) is 0 Å². The highest BCUT2D eigenvalue weighted by molar-refractivity contribution is 5.75. The van der Waals surface area contributed by atoms with Gasteiger partial charge >= 0.3 is 0 Å². The summed E-state index contributed by atoms with van der Waals surface area (Å²) in [5.74, 6) is 0.0962. The van der Waals surface area contributed by atoms with E-state index in [0.717, 1.165) is 13.0 Å². The van der Waals surface area contributed by atoms with Gasteiger partial charge in [0.25, 0.3) is 0 Å². The first-order valence-electron chi connectivity index (χ1n) is 6.64. The van der Waals surface area contributed by atoms with Gasteiger partial charge in [0, 0.05) is 31.0 Å². The molecule has 4 heteroatoms. The maximum absolute atomic E-state index is 11.6. The SMILES string of the molecule is CC(C)(CO)CNC(=O)CCC1CCCCN1. The van der Waals surface area contributed by atoms with Crippen LogP contribution in [0.15, 0.2) is 0 Å². The van der Waals surface area contributed by atoms with Crippen LogP contribution in [0.4, 0.5) is 0 Å². The zero-order valence-corrected chi connectivity index (χ0v) is 11.1. The van der Waals surface area contributed by atoms with Gasteiger partial charge in [-0.3, -0.25) is 4.79 Å². The number of piperidine rings is 1. The molecule has 1 amide bonds. The van der Waals surface area contributed by atoms with Gasteiger partial charge in [0.1, 0.15) is 0 Å². The van der Waals surface area contributed by atoms with E-state index in [4.69, 9.17) is 5.11 Å². The Morgan fingerprint density at radius 2 is 2.24 bits per heavy atom. The molecule has 0 aromatic carbocycles. The quantitative estimate of drug-likeness (QED) is 0.652. The van der Waals surface area contributed by atoms with Gasteiger partial charge in [0.2, 0.25) is 5.91 Å². The number of amides is 1. The van der Waals surface area contributed by atoms with Crippen LogP contribution < -0.4 is 10.6 Å². The summed E-state index contributed by atoms with van der Waals surface area (Å²) < 4.78 is 0. The Labute approximate surface area is 104 Å². The number of aliphatic hydroxyl groups excluding tert-OH is 1. The molecule has 1 atom stereocenters. The number of hydrogen-bond donors (Lipinski definition) is 3. The van der Waals surface area contributed by atoms with Crippen molar-refractivity contribution in [3.63, 3.8) is 0 Å². The van der Waals surface area contributed by atoms with E-state index in [1.165, 1.54) is 19.3 Å². The zero-order valence-electron chi connectivity index (χ0n) is 11.1. The molecule has 0 bridgehead atoms. The van der Waals surface area contributed by atoms with Crippen molar-refractivity contribution >= 4 is 5.91 Å². The zero-order chi connectivity index (χ0) is 12.7. The lowest BCUT2D eigenvalue weighted by Gasteiger charge is -2.24. The maximum atomic E-state index is 11.6. The fourth-order valence-corrected chi connectivity index (χ4v) is 1.96. The first kappa shape index (κ1) is 14.5. The van der Waals surface area contributed by atoms with Gasteiger partial charge in [-0.25, -0.2) is 0 Å². The second kappa shape index (κ2) is 6.97. The minimum atomic E-state index is -0.223. The summed E-state index contributed by atoms with van der Waals surface area (Å²) in [5.41, 5.74) is -0.223. The van der Waals surface area contributed by atoms with Crippen molar-refractivity contribution in [3.8, 4) is 0 Å². The molecule has 4 nitrogen and oxygen atoms in total. The Morgan fingerprint density at radius 1 is 1.47 bits per heavy atom. The normalized spacial score (nSPS) is 21.2. The molecule has 3 N–H and O–H groups in total. The molecule has 17 heavy (non-hydrogen) atoms. The highest BCUT2D eigenvalue weighted by Gasteiger charge is 2.18. The predicted octanol–water partition coefficient (Wildman–Crippen LogP) is 1.04. The largest absolute Gasteiger partial charge is 0.396 e. The molecule has 1 unspecified atom stereocenters. The molecule has 100 valence electrons. The van der Waals surface area contributed by atoms with Gasteiger partial charge in [0.05, 0.1) is 0 Å². The highest BCUT2D eigenvalue weighted by Crippen LogP contribution is 2.13. The average Bonchev–Trinajstić information content (AvgIpc) is 2.35. The van der Waals surface area contributed by atoms with Gasteiger partial charge in [-0.1, -0.05) is 20.3 Å². The summed E-state index contributed by atoms with van der Waals surface area (Å²) in [7, 11) is 0. The van der Waals surface area contributed by atoms with Gasteiger partial charge < -0.3 is 15.7 Å². The lowest BCUT2D eigenvalue weighted by Crippen LogP contribution is -2.38. The smallest absolute Gasteiger partial charge is 0.220 e. The molecule has 1 aliphatic rings. The molecule has 1 heterocycles. The van der Waals surface area contributed by atoms with Crippen LogP contribution in [-0.4, -0.2) is 36.8 Å². The van der Waals surface area contributed by atoms with E-state index >= 15 is 0 Å². The number of carbonyl (C=O) groups is 1. The monoisotopic (exact) mass is 242 g/mol. The molecular formula is C13H26N2O2. The van der Waals surface area contributed by atoms with Gasteiger partial charge in [-0.2, -0.15) is 0 Å². The summed E-state index contributed by atoms with van der Waals surface area (Å²) in [6.07, 6.45) is 5.23. The van der Waals surface area contributed by atoms with Crippen molar-refractivity contribution in [1.82, 2.24) is 10.6 Å². The number of aliphatic hydroxyl groups is 1. The van der Waals surface area contributed by atoms with Crippen LogP contribution in [0, 0.1) is 5.41 Å². The van der Waals surface area contributed by atoms with Crippen molar-refractivity contribution in [2.45, 2.75) is 52.0 Å². The number of carbonyl (C=O) groups excluding carboxylic acids is 1. The van der Waals surface area contributed by atoms with Crippen LogP contribution in [0.2, 0.25) is 0 Å². The van der Waals surface area contributed by atoms with Gasteiger partial charge in [-0.15, -0.1) is 0 Å². The summed E-state index contributed by atoms with van der Waals surface area (Å²) in [6, 6.07) is 0.514. The fraction of sp³-hybridized carbons (Fsp3) is 0.923. The van der Waals surface area contributed by atoms with Crippen LogP contribution >= 0.6 is 0 Å². The van der Waals surface area contributed by atoms with Crippen molar-refractivity contribution < 1.29 is 9.90 Å². The lowest BCUT2D eigenvalue weighted by atomic mass is 9.95. The topological polar surface area (TPSA) is 61.4 Å². The first-order chi connectivity index (χ1) is 8.03. The molecule has 0 spiro atoms. The third-order valence-corrected chi connectivity index (χ3v) is 3.32. The van der Waals surface area contributed by atoms with Crippen molar-refractivity contribution in [2.75, 3.05) is 19.7 Å². The highest BCUT2D eigenvalue weighted by atomic mass is 16.3. The molecule has 1 fully saturated rings. The molecule has 0 saturated carbocycles. The molecular weight excluding hydrogens is 216 g/mol. The van der Waals surface area contributed by atoms with E-state index in [9.17, 15) is 4.79 Å². The maximum Gasteiger partial charge on any atom is 0.220 e. The third kappa shape index (κ3) is 6.03. The number of nitrogens with one attached hydrogen (secondary N) is 2.